The van der Waals surface area contributed by atoms with Gasteiger partial charge in [-0.3, -0.25) is 9.10 Å². The normalized spacial score (nSPS) is 17.8. The van der Waals surface area contributed by atoms with Gasteiger partial charge in [-0.15, -0.1) is 0 Å². The molecule has 1 aliphatic heterocycles. The molecule has 1 aromatic carbocycles. The van der Waals surface area contributed by atoms with Crippen LogP contribution in [0.1, 0.15) is 33.6 Å². The van der Waals surface area contributed by atoms with Crippen molar-refractivity contribution in [1.29, 1.82) is 0 Å². The molecule has 0 bridgehead atoms. The first-order valence-corrected chi connectivity index (χ1v) is 8.69. The summed E-state index contributed by atoms with van der Waals surface area (Å²) < 4.78 is 25.1. The standard InChI is InChI=1S/C15H22N2O3S/c1-15(2,3)11-14(18)16-12-5-7-13(8-6-12)17-9-4-10-21(17,19)20/h5-8H,4,9-11H2,1-3H3,(H,16,18). The fourth-order valence-electron chi connectivity index (χ4n) is 2.33. The molecular weight excluding hydrogens is 288 g/mol. The monoisotopic (exact) mass is 310 g/mol. The van der Waals surface area contributed by atoms with Crippen LogP contribution >= 0.6 is 0 Å². The summed E-state index contributed by atoms with van der Waals surface area (Å²) in [6, 6.07) is 6.94. The summed E-state index contributed by atoms with van der Waals surface area (Å²) in [7, 11) is -3.15. The van der Waals surface area contributed by atoms with E-state index in [0.717, 1.165) is 0 Å². The summed E-state index contributed by atoms with van der Waals surface area (Å²) in [5.41, 5.74) is 1.28. The van der Waals surface area contributed by atoms with Crippen molar-refractivity contribution < 1.29 is 13.2 Å². The first-order chi connectivity index (χ1) is 9.67. The van der Waals surface area contributed by atoms with Gasteiger partial charge >= 0.3 is 0 Å². The van der Waals surface area contributed by atoms with E-state index in [2.05, 4.69) is 5.32 Å². The van der Waals surface area contributed by atoms with Crippen LogP contribution in [0.25, 0.3) is 0 Å². The lowest BCUT2D eigenvalue weighted by molar-refractivity contribution is -0.117. The number of hydrogen-bond donors (Lipinski definition) is 1. The molecule has 0 aromatic heterocycles. The number of carbonyl (C=O) groups excluding carboxylic acids is 1. The summed E-state index contributed by atoms with van der Waals surface area (Å²) in [6.45, 7) is 6.55. The van der Waals surface area contributed by atoms with Crippen LogP contribution in [0.3, 0.4) is 0 Å². The molecule has 21 heavy (non-hydrogen) atoms. The van der Waals surface area contributed by atoms with Gasteiger partial charge < -0.3 is 5.32 Å². The molecule has 0 atom stereocenters. The average molecular weight is 310 g/mol. The smallest absolute Gasteiger partial charge is 0.235 e. The minimum Gasteiger partial charge on any atom is -0.326 e. The molecule has 0 aliphatic carbocycles. The minimum absolute atomic E-state index is 0.0379. The van der Waals surface area contributed by atoms with Crippen molar-refractivity contribution in [3.8, 4) is 0 Å². The van der Waals surface area contributed by atoms with Gasteiger partial charge in [0.05, 0.1) is 11.4 Å². The molecule has 116 valence electrons. The van der Waals surface area contributed by atoms with Crippen LogP contribution in [0.15, 0.2) is 24.3 Å². The van der Waals surface area contributed by atoms with Gasteiger partial charge in [-0.05, 0) is 36.1 Å². The predicted octanol–water partition coefficient (Wildman–Crippen LogP) is 2.60. The van der Waals surface area contributed by atoms with Crippen molar-refractivity contribution in [2.24, 2.45) is 5.41 Å². The Morgan fingerprint density at radius 3 is 2.33 bits per heavy atom. The van der Waals surface area contributed by atoms with Gasteiger partial charge in [-0.1, -0.05) is 20.8 Å². The van der Waals surface area contributed by atoms with Gasteiger partial charge in [0.1, 0.15) is 0 Å². The molecule has 1 fully saturated rings. The first kappa shape index (κ1) is 15.8. The second-order valence-electron chi connectivity index (χ2n) is 6.57. The molecule has 0 spiro atoms. The number of rotatable bonds is 3. The fourth-order valence-corrected chi connectivity index (χ4v) is 3.89. The largest absolute Gasteiger partial charge is 0.326 e. The highest BCUT2D eigenvalue weighted by atomic mass is 32.2. The molecule has 1 heterocycles. The van der Waals surface area contributed by atoms with E-state index < -0.39 is 10.0 Å². The SMILES string of the molecule is CC(C)(C)CC(=O)Nc1ccc(N2CCCS2(=O)=O)cc1. The maximum absolute atomic E-state index is 11.9. The fraction of sp³-hybridized carbons (Fsp3) is 0.533. The van der Waals surface area contributed by atoms with E-state index in [4.69, 9.17) is 0 Å². The topological polar surface area (TPSA) is 66.5 Å². The zero-order chi connectivity index (χ0) is 15.7. The lowest BCUT2D eigenvalue weighted by Gasteiger charge is -2.19. The van der Waals surface area contributed by atoms with E-state index in [0.29, 0.717) is 30.8 Å². The maximum Gasteiger partial charge on any atom is 0.235 e. The summed E-state index contributed by atoms with van der Waals surface area (Å²) in [6.07, 6.45) is 1.10. The van der Waals surface area contributed by atoms with Gasteiger partial charge in [0, 0.05) is 18.7 Å². The molecule has 1 aliphatic rings. The second-order valence-corrected chi connectivity index (χ2v) is 8.59. The highest BCUT2D eigenvalue weighted by Gasteiger charge is 2.28. The van der Waals surface area contributed by atoms with Crippen molar-refractivity contribution in [2.75, 3.05) is 21.9 Å². The van der Waals surface area contributed by atoms with Gasteiger partial charge in [0.2, 0.25) is 15.9 Å². The molecule has 1 amide bonds. The van der Waals surface area contributed by atoms with Crippen molar-refractivity contribution in [1.82, 2.24) is 0 Å². The Labute approximate surface area is 126 Å². The Morgan fingerprint density at radius 2 is 1.86 bits per heavy atom. The van der Waals surface area contributed by atoms with Crippen molar-refractivity contribution in [3.05, 3.63) is 24.3 Å². The van der Waals surface area contributed by atoms with E-state index in [1.807, 2.05) is 20.8 Å². The van der Waals surface area contributed by atoms with Crippen molar-refractivity contribution in [3.63, 3.8) is 0 Å². The zero-order valence-electron chi connectivity index (χ0n) is 12.7. The number of amides is 1. The lowest BCUT2D eigenvalue weighted by atomic mass is 9.92. The third kappa shape index (κ3) is 4.20. The third-order valence-corrected chi connectivity index (χ3v) is 5.10. The summed E-state index contributed by atoms with van der Waals surface area (Å²) in [4.78, 5) is 11.9. The van der Waals surface area contributed by atoms with Gasteiger partial charge in [-0.25, -0.2) is 8.42 Å². The van der Waals surface area contributed by atoms with Gasteiger partial charge in [0.15, 0.2) is 0 Å². The van der Waals surface area contributed by atoms with E-state index in [9.17, 15) is 13.2 Å². The number of benzene rings is 1. The molecule has 1 aromatic rings. The molecule has 0 saturated carbocycles. The summed E-state index contributed by atoms with van der Waals surface area (Å²) in [5, 5.41) is 2.83. The van der Waals surface area contributed by atoms with Crippen molar-refractivity contribution in [2.45, 2.75) is 33.6 Å². The van der Waals surface area contributed by atoms with Crippen LogP contribution in [-0.4, -0.2) is 26.6 Å². The number of sulfonamides is 1. The van der Waals surface area contributed by atoms with Crippen LogP contribution in [-0.2, 0) is 14.8 Å². The van der Waals surface area contributed by atoms with Crippen LogP contribution in [0, 0.1) is 5.41 Å². The van der Waals surface area contributed by atoms with E-state index in [1.165, 1.54) is 4.31 Å². The lowest BCUT2D eigenvalue weighted by Crippen LogP contribution is -2.25. The van der Waals surface area contributed by atoms with Crippen LogP contribution in [0.2, 0.25) is 0 Å². The number of nitrogens with zero attached hydrogens (tertiary/aromatic N) is 1. The Hall–Kier alpha value is -1.56. The van der Waals surface area contributed by atoms with Crippen molar-refractivity contribution >= 4 is 27.3 Å². The van der Waals surface area contributed by atoms with Crippen LogP contribution in [0.4, 0.5) is 11.4 Å². The third-order valence-electron chi connectivity index (χ3n) is 3.23. The molecule has 0 unspecified atom stereocenters. The van der Waals surface area contributed by atoms with Crippen LogP contribution < -0.4 is 9.62 Å². The second kappa shape index (κ2) is 5.67. The summed E-state index contributed by atoms with van der Waals surface area (Å²) in [5.74, 6) is 0.168. The molecule has 2 rings (SSSR count). The van der Waals surface area contributed by atoms with Gasteiger partial charge in [-0.2, -0.15) is 0 Å². The number of hydrogen-bond acceptors (Lipinski definition) is 3. The Balaban J connectivity index is 2.04. The van der Waals surface area contributed by atoms with Gasteiger partial charge in [0.25, 0.3) is 0 Å². The maximum atomic E-state index is 11.9. The molecule has 1 saturated heterocycles. The molecule has 6 heteroatoms. The van der Waals surface area contributed by atoms with Crippen LogP contribution in [0.5, 0.6) is 0 Å². The Bertz CT molecular complexity index is 615. The predicted molar refractivity (Wildman–Crippen MR) is 84.9 cm³/mol. The minimum atomic E-state index is -3.15. The van der Waals surface area contributed by atoms with E-state index in [1.54, 1.807) is 24.3 Å². The molecule has 0 radical (unpaired) electrons. The summed E-state index contributed by atoms with van der Waals surface area (Å²) >= 11 is 0. The quantitative estimate of drug-likeness (QED) is 0.933. The highest BCUT2D eigenvalue weighted by molar-refractivity contribution is 7.93. The Morgan fingerprint density at radius 1 is 1.24 bits per heavy atom. The Kier molecular flexibility index (Phi) is 4.27. The molecule has 1 N–H and O–H groups in total. The molecular formula is C15H22N2O3S. The van der Waals surface area contributed by atoms with E-state index in [-0.39, 0.29) is 17.1 Å². The number of carbonyl (C=O) groups is 1. The average Bonchev–Trinajstić information content (AvgIpc) is 2.67. The number of nitrogens with one attached hydrogen (secondary N) is 1. The van der Waals surface area contributed by atoms with E-state index >= 15 is 0 Å². The first-order valence-electron chi connectivity index (χ1n) is 7.08. The molecule has 5 nitrogen and oxygen atoms in total. The number of anilines is 2. The highest BCUT2D eigenvalue weighted by Crippen LogP contribution is 2.26. The zero-order valence-corrected chi connectivity index (χ0v) is 13.5.